The van der Waals surface area contributed by atoms with E-state index in [2.05, 4.69) is 21.2 Å². The molecule has 0 spiro atoms. The Kier molecular flexibility index (Phi) is 4.71. The average molecular weight is 342 g/mol. The van der Waals surface area contributed by atoms with Crippen LogP contribution in [-0.4, -0.2) is 11.9 Å². The zero-order chi connectivity index (χ0) is 13.8. The molecule has 0 aliphatic rings. The molecule has 100 valence electrons. The van der Waals surface area contributed by atoms with Gasteiger partial charge in [0.25, 0.3) is 5.91 Å². The Hall–Kier alpha value is -1.20. The highest BCUT2D eigenvalue weighted by atomic mass is 79.9. The summed E-state index contributed by atoms with van der Waals surface area (Å²) in [6, 6.07) is 8.45. The summed E-state index contributed by atoms with van der Waals surface area (Å²) < 4.78 is 14.1. The van der Waals surface area contributed by atoms with E-state index in [0.717, 1.165) is 6.42 Å². The van der Waals surface area contributed by atoms with E-state index >= 15 is 0 Å². The molecule has 1 N–H and O–H groups in total. The van der Waals surface area contributed by atoms with Crippen molar-refractivity contribution in [2.24, 2.45) is 0 Å². The summed E-state index contributed by atoms with van der Waals surface area (Å²) in [6.07, 6.45) is 0.746. The number of hydrogen-bond acceptors (Lipinski definition) is 2. The molecule has 0 fully saturated rings. The van der Waals surface area contributed by atoms with Crippen LogP contribution in [0.5, 0.6) is 0 Å². The van der Waals surface area contributed by atoms with Gasteiger partial charge in [0.05, 0.1) is 5.56 Å². The SMILES string of the molecule is CC(Cc1cccs1)NC(=O)c1c(F)cccc1Br. The molecule has 0 saturated carbocycles. The molecular weight excluding hydrogens is 329 g/mol. The van der Waals surface area contributed by atoms with Gasteiger partial charge in [-0.25, -0.2) is 4.39 Å². The van der Waals surface area contributed by atoms with Crippen LogP contribution in [0.4, 0.5) is 4.39 Å². The van der Waals surface area contributed by atoms with Crippen LogP contribution in [0.3, 0.4) is 0 Å². The number of thiophene rings is 1. The lowest BCUT2D eigenvalue weighted by Crippen LogP contribution is -2.34. The Balaban J connectivity index is 2.04. The second-order valence-electron chi connectivity index (χ2n) is 4.25. The van der Waals surface area contributed by atoms with E-state index in [-0.39, 0.29) is 11.6 Å². The quantitative estimate of drug-likeness (QED) is 0.894. The van der Waals surface area contributed by atoms with Crippen molar-refractivity contribution < 1.29 is 9.18 Å². The molecule has 0 radical (unpaired) electrons. The van der Waals surface area contributed by atoms with Crippen molar-refractivity contribution in [1.82, 2.24) is 5.32 Å². The van der Waals surface area contributed by atoms with Gasteiger partial charge in [-0.05, 0) is 46.4 Å². The van der Waals surface area contributed by atoms with Crippen molar-refractivity contribution in [1.29, 1.82) is 0 Å². The predicted molar refractivity (Wildman–Crippen MR) is 79.1 cm³/mol. The van der Waals surface area contributed by atoms with Gasteiger partial charge < -0.3 is 5.32 Å². The van der Waals surface area contributed by atoms with Crippen LogP contribution < -0.4 is 5.32 Å². The predicted octanol–water partition coefficient (Wildman–Crippen LogP) is 4.01. The summed E-state index contributed by atoms with van der Waals surface area (Å²) >= 11 is 4.85. The van der Waals surface area contributed by atoms with Crippen LogP contribution in [0.15, 0.2) is 40.2 Å². The Bertz CT molecular complexity index is 551. The van der Waals surface area contributed by atoms with Crippen LogP contribution in [0.1, 0.15) is 22.2 Å². The highest BCUT2D eigenvalue weighted by Gasteiger charge is 2.17. The molecule has 1 aromatic carbocycles. The molecule has 0 saturated heterocycles. The lowest BCUT2D eigenvalue weighted by molar-refractivity contribution is 0.0935. The van der Waals surface area contributed by atoms with Crippen LogP contribution >= 0.6 is 27.3 Å². The minimum Gasteiger partial charge on any atom is -0.349 e. The molecule has 1 heterocycles. The van der Waals surface area contributed by atoms with Gasteiger partial charge in [0.2, 0.25) is 0 Å². The van der Waals surface area contributed by atoms with Crippen molar-refractivity contribution in [3.05, 3.63) is 56.4 Å². The first-order chi connectivity index (χ1) is 9.08. The number of halogens is 2. The Labute approximate surface area is 123 Å². The molecule has 0 aliphatic carbocycles. The van der Waals surface area contributed by atoms with E-state index in [1.165, 1.54) is 10.9 Å². The molecule has 2 nitrogen and oxygen atoms in total. The third-order valence-corrected chi connectivity index (χ3v) is 4.21. The highest BCUT2D eigenvalue weighted by Crippen LogP contribution is 2.20. The van der Waals surface area contributed by atoms with Crippen LogP contribution in [0, 0.1) is 5.82 Å². The molecule has 2 rings (SSSR count). The van der Waals surface area contributed by atoms with Crippen molar-refractivity contribution >= 4 is 33.2 Å². The number of benzene rings is 1. The molecule has 0 bridgehead atoms. The van der Waals surface area contributed by atoms with E-state index in [4.69, 9.17) is 0 Å². The standard InChI is InChI=1S/C14H13BrFNOS/c1-9(8-10-4-3-7-19-10)17-14(18)13-11(15)5-2-6-12(13)16/h2-7,9H,8H2,1H3,(H,17,18). The van der Waals surface area contributed by atoms with Crippen molar-refractivity contribution in [3.63, 3.8) is 0 Å². The number of carbonyl (C=O) groups excluding carboxylic acids is 1. The first kappa shape index (κ1) is 14.2. The van der Waals surface area contributed by atoms with E-state index in [0.29, 0.717) is 4.47 Å². The number of amides is 1. The van der Waals surface area contributed by atoms with Crippen LogP contribution in [-0.2, 0) is 6.42 Å². The van der Waals surface area contributed by atoms with Crippen LogP contribution in [0.25, 0.3) is 0 Å². The molecule has 2 aromatic rings. The van der Waals surface area contributed by atoms with Gasteiger partial charge in [-0.2, -0.15) is 0 Å². The van der Waals surface area contributed by atoms with Gasteiger partial charge in [-0.3, -0.25) is 4.79 Å². The van der Waals surface area contributed by atoms with Gasteiger partial charge in [-0.15, -0.1) is 11.3 Å². The number of carbonyl (C=O) groups is 1. The number of nitrogens with one attached hydrogen (secondary N) is 1. The van der Waals surface area contributed by atoms with Gasteiger partial charge >= 0.3 is 0 Å². The average Bonchev–Trinajstić information content (AvgIpc) is 2.81. The first-order valence-electron chi connectivity index (χ1n) is 5.85. The summed E-state index contributed by atoms with van der Waals surface area (Å²) in [6.45, 7) is 1.91. The fourth-order valence-corrected chi connectivity index (χ4v) is 3.15. The fraction of sp³-hybridized carbons (Fsp3) is 0.214. The van der Waals surface area contributed by atoms with Gasteiger partial charge in [0, 0.05) is 21.8 Å². The van der Waals surface area contributed by atoms with Crippen molar-refractivity contribution in [2.75, 3.05) is 0 Å². The van der Waals surface area contributed by atoms with Gasteiger partial charge in [-0.1, -0.05) is 12.1 Å². The van der Waals surface area contributed by atoms with E-state index in [1.54, 1.807) is 23.5 Å². The summed E-state index contributed by atoms with van der Waals surface area (Å²) in [5.41, 5.74) is 0.0560. The Morgan fingerprint density at radius 2 is 2.21 bits per heavy atom. The second kappa shape index (κ2) is 6.30. The maximum Gasteiger partial charge on any atom is 0.255 e. The smallest absolute Gasteiger partial charge is 0.255 e. The monoisotopic (exact) mass is 341 g/mol. The normalized spacial score (nSPS) is 12.2. The summed E-state index contributed by atoms with van der Waals surface area (Å²) in [5.74, 6) is -0.913. The van der Waals surface area contributed by atoms with Crippen LogP contribution in [0.2, 0.25) is 0 Å². The van der Waals surface area contributed by atoms with E-state index < -0.39 is 11.7 Å². The Morgan fingerprint density at radius 1 is 1.42 bits per heavy atom. The minimum absolute atomic E-state index is 0.0438. The lowest BCUT2D eigenvalue weighted by atomic mass is 10.1. The molecule has 5 heteroatoms. The third-order valence-electron chi connectivity index (χ3n) is 2.65. The molecule has 0 aliphatic heterocycles. The molecule has 1 unspecified atom stereocenters. The molecule has 1 atom stereocenters. The maximum absolute atomic E-state index is 13.6. The summed E-state index contributed by atoms with van der Waals surface area (Å²) in [7, 11) is 0. The lowest BCUT2D eigenvalue weighted by Gasteiger charge is -2.14. The first-order valence-corrected chi connectivity index (χ1v) is 7.52. The zero-order valence-corrected chi connectivity index (χ0v) is 12.7. The minimum atomic E-state index is -0.518. The largest absolute Gasteiger partial charge is 0.349 e. The van der Waals surface area contributed by atoms with Gasteiger partial charge in [0.15, 0.2) is 0 Å². The summed E-state index contributed by atoms with van der Waals surface area (Å²) in [5, 5.41) is 4.81. The third kappa shape index (κ3) is 3.64. The fourth-order valence-electron chi connectivity index (χ4n) is 1.79. The second-order valence-corrected chi connectivity index (χ2v) is 6.14. The number of rotatable bonds is 4. The molecular formula is C14H13BrFNOS. The topological polar surface area (TPSA) is 29.1 Å². The zero-order valence-electron chi connectivity index (χ0n) is 10.3. The van der Waals surface area contributed by atoms with E-state index in [9.17, 15) is 9.18 Å². The van der Waals surface area contributed by atoms with E-state index in [1.807, 2.05) is 24.4 Å². The maximum atomic E-state index is 13.6. The molecule has 1 amide bonds. The molecule has 1 aromatic heterocycles. The van der Waals surface area contributed by atoms with Crippen molar-refractivity contribution in [3.8, 4) is 0 Å². The van der Waals surface area contributed by atoms with Gasteiger partial charge in [0.1, 0.15) is 5.82 Å². The van der Waals surface area contributed by atoms with Crippen molar-refractivity contribution in [2.45, 2.75) is 19.4 Å². The highest BCUT2D eigenvalue weighted by molar-refractivity contribution is 9.10. The number of hydrogen-bond donors (Lipinski definition) is 1. The molecule has 19 heavy (non-hydrogen) atoms. The summed E-state index contributed by atoms with van der Waals surface area (Å²) in [4.78, 5) is 13.2. The Morgan fingerprint density at radius 3 is 2.84 bits per heavy atom.